The van der Waals surface area contributed by atoms with Gasteiger partial charge in [0.1, 0.15) is 0 Å². The van der Waals surface area contributed by atoms with E-state index < -0.39 is 0 Å². The first kappa shape index (κ1) is 26.5. The molecule has 9 heteroatoms. The van der Waals surface area contributed by atoms with E-state index in [1.54, 1.807) is 7.11 Å². The van der Waals surface area contributed by atoms with E-state index in [1.807, 2.05) is 0 Å². The van der Waals surface area contributed by atoms with Crippen LogP contribution in [-0.4, -0.2) is 104 Å². The Kier molecular flexibility index (Phi) is 14.7. The van der Waals surface area contributed by atoms with E-state index in [9.17, 15) is 0 Å². The van der Waals surface area contributed by atoms with Crippen LogP contribution in [0, 0.1) is 5.41 Å². The summed E-state index contributed by atoms with van der Waals surface area (Å²) in [6.07, 6.45) is 0.981. The molecular weight excluding hydrogens is 414 g/mol. The molecule has 0 radical (unpaired) electrons. The number of guanidine groups is 1. The van der Waals surface area contributed by atoms with Crippen molar-refractivity contribution in [1.29, 1.82) is 5.41 Å². The Morgan fingerprint density at radius 1 is 0.781 bits per heavy atom. The lowest BCUT2D eigenvalue weighted by Crippen LogP contribution is -2.44. The molecule has 0 aliphatic carbocycles. The molecule has 0 fully saturated rings. The van der Waals surface area contributed by atoms with Crippen molar-refractivity contribution in [3.63, 3.8) is 0 Å². The molecule has 0 saturated heterocycles. The Hall–Kier alpha value is -1.75. The Balaban J connectivity index is 1.31. The molecule has 0 aromatic heterocycles. The number of ether oxygens (including phenoxy) is 6. The molecule has 182 valence electrons. The highest BCUT2D eigenvalue weighted by molar-refractivity contribution is 5.77. The lowest BCUT2D eigenvalue weighted by atomic mass is 10.0. The van der Waals surface area contributed by atoms with Crippen LogP contribution in [0.25, 0.3) is 0 Å². The topological polar surface area (TPSA) is 94.5 Å². The maximum Gasteiger partial charge on any atom is 0.191 e. The number of nitrogens with zero attached hydrogens (tertiary/aromatic N) is 1. The molecular formula is C23H39N3O6. The van der Waals surface area contributed by atoms with Crippen LogP contribution in [0.1, 0.15) is 11.1 Å². The number of hydrogen-bond acceptors (Lipinski definition) is 7. The van der Waals surface area contributed by atoms with Crippen molar-refractivity contribution in [2.24, 2.45) is 0 Å². The van der Waals surface area contributed by atoms with E-state index in [0.717, 1.165) is 19.5 Å². The van der Waals surface area contributed by atoms with E-state index in [0.29, 0.717) is 85.2 Å². The largest absolute Gasteiger partial charge is 0.382 e. The summed E-state index contributed by atoms with van der Waals surface area (Å²) in [5, 5.41) is 11.4. The second-order valence-corrected chi connectivity index (χ2v) is 7.27. The van der Waals surface area contributed by atoms with Crippen LogP contribution < -0.4 is 5.32 Å². The molecule has 2 rings (SSSR count). The molecule has 1 aliphatic rings. The highest BCUT2D eigenvalue weighted by Gasteiger charge is 2.17. The fourth-order valence-corrected chi connectivity index (χ4v) is 3.16. The maximum atomic E-state index is 8.22. The fourth-order valence-electron chi connectivity index (χ4n) is 3.16. The van der Waals surface area contributed by atoms with Gasteiger partial charge in [-0.2, -0.15) is 0 Å². The first-order chi connectivity index (χ1) is 15.8. The van der Waals surface area contributed by atoms with Crippen LogP contribution in [-0.2, 0) is 41.4 Å². The zero-order valence-electron chi connectivity index (χ0n) is 19.3. The van der Waals surface area contributed by atoms with Crippen LogP contribution >= 0.6 is 0 Å². The molecule has 32 heavy (non-hydrogen) atoms. The third-order valence-corrected chi connectivity index (χ3v) is 4.91. The predicted octanol–water partition coefficient (Wildman–Crippen LogP) is 1.30. The molecule has 0 amide bonds. The summed E-state index contributed by atoms with van der Waals surface area (Å²) in [5.74, 6) is 0.458. The highest BCUT2D eigenvalue weighted by Crippen LogP contribution is 2.17. The van der Waals surface area contributed by atoms with Gasteiger partial charge in [0.25, 0.3) is 0 Å². The predicted molar refractivity (Wildman–Crippen MR) is 122 cm³/mol. The number of benzene rings is 1. The lowest BCUT2D eigenvalue weighted by molar-refractivity contribution is -0.0144. The average Bonchev–Trinajstić information content (AvgIpc) is 2.82. The summed E-state index contributed by atoms with van der Waals surface area (Å²) in [6, 6.07) is 8.44. The average molecular weight is 454 g/mol. The molecule has 0 bridgehead atoms. The Bertz CT molecular complexity index is 619. The summed E-state index contributed by atoms with van der Waals surface area (Å²) in [6.45, 7) is 8.32. The van der Waals surface area contributed by atoms with E-state index in [2.05, 4.69) is 34.5 Å². The maximum absolute atomic E-state index is 8.22. The summed E-state index contributed by atoms with van der Waals surface area (Å²) in [5.41, 5.74) is 2.69. The van der Waals surface area contributed by atoms with E-state index in [1.165, 1.54) is 11.1 Å². The van der Waals surface area contributed by atoms with Crippen molar-refractivity contribution in [1.82, 2.24) is 10.2 Å². The van der Waals surface area contributed by atoms with E-state index >= 15 is 0 Å². The lowest BCUT2D eigenvalue weighted by Gasteiger charge is -2.31. The molecule has 0 atom stereocenters. The van der Waals surface area contributed by atoms with Crippen LogP contribution in [0.5, 0.6) is 0 Å². The van der Waals surface area contributed by atoms with Gasteiger partial charge in [0, 0.05) is 26.7 Å². The summed E-state index contributed by atoms with van der Waals surface area (Å²) < 4.78 is 32.0. The van der Waals surface area contributed by atoms with E-state index in [4.69, 9.17) is 33.8 Å². The molecule has 9 nitrogen and oxygen atoms in total. The quantitative estimate of drug-likeness (QED) is 0.195. The number of hydrogen-bond donors (Lipinski definition) is 2. The highest BCUT2D eigenvalue weighted by atomic mass is 16.6. The molecule has 1 heterocycles. The minimum atomic E-state index is 0.458. The molecule has 1 aromatic rings. The van der Waals surface area contributed by atoms with Crippen molar-refractivity contribution in [3.05, 3.63) is 35.4 Å². The van der Waals surface area contributed by atoms with Gasteiger partial charge < -0.3 is 38.6 Å². The van der Waals surface area contributed by atoms with Gasteiger partial charge in [-0.1, -0.05) is 24.3 Å². The van der Waals surface area contributed by atoms with Crippen molar-refractivity contribution in [2.75, 3.05) is 92.9 Å². The van der Waals surface area contributed by atoms with Gasteiger partial charge in [-0.15, -0.1) is 0 Å². The Morgan fingerprint density at radius 3 is 1.84 bits per heavy atom. The monoisotopic (exact) mass is 453 g/mol. The molecule has 1 aliphatic heterocycles. The van der Waals surface area contributed by atoms with Gasteiger partial charge in [-0.25, -0.2) is 0 Å². The SMILES string of the molecule is COCCOCCOCCOCCOCCOCCNC(=N)N1CCc2ccccc2C1. The number of methoxy groups -OCH3 is 1. The summed E-state index contributed by atoms with van der Waals surface area (Å²) >= 11 is 0. The smallest absolute Gasteiger partial charge is 0.191 e. The number of fused-ring (bicyclic) bond motifs is 1. The summed E-state index contributed by atoms with van der Waals surface area (Å²) in [4.78, 5) is 2.06. The standard InChI is InChI=1S/C23H39N3O6/c1-27-10-11-29-14-15-31-18-19-32-17-16-30-13-12-28-9-7-25-23(24)26-8-6-21-4-2-3-5-22(21)20-26/h2-5H,6-20H2,1H3,(H2,24,25). The van der Waals surface area contributed by atoms with Crippen molar-refractivity contribution in [2.45, 2.75) is 13.0 Å². The van der Waals surface area contributed by atoms with Gasteiger partial charge in [0.05, 0.1) is 72.7 Å². The Morgan fingerprint density at radius 2 is 1.28 bits per heavy atom. The van der Waals surface area contributed by atoms with Gasteiger partial charge in [0.15, 0.2) is 5.96 Å². The second kappa shape index (κ2) is 17.8. The third-order valence-electron chi connectivity index (χ3n) is 4.91. The fraction of sp³-hybridized carbons (Fsp3) is 0.696. The zero-order valence-corrected chi connectivity index (χ0v) is 19.3. The number of nitrogens with one attached hydrogen (secondary N) is 2. The van der Waals surface area contributed by atoms with Crippen molar-refractivity contribution < 1.29 is 28.4 Å². The van der Waals surface area contributed by atoms with Crippen LogP contribution in [0.15, 0.2) is 24.3 Å². The van der Waals surface area contributed by atoms with Gasteiger partial charge in [-0.3, -0.25) is 5.41 Å². The molecule has 0 spiro atoms. The first-order valence-corrected chi connectivity index (χ1v) is 11.3. The van der Waals surface area contributed by atoms with Gasteiger partial charge >= 0.3 is 0 Å². The minimum Gasteiger partial charge on any atom is -0.382 e. The Labute approximate surface area is 191 Å². The molecule has 1 aromatic carbocycles. The van der Waals surface area contributed by atoms with E-state index in [-0.39, 0.29) is 0 Å². The second-order valence-electron chi connectivity index (χ2n) is 7.27. The van der Waals surface area contributed by atoms with Gasteiger partial charge in [-0.05, 0) is 17.5 Å². The minimum absolute atomic E-state index is 0.458. The third kappa shape index (κ3) is 11.8. The zero-order chi connectivity index (χ0) is 22.7. The van der Waals surface area contributed by atoms with Crippen molar-refractivity contribution >= 4 is 5.96 Å². The first-order valence-electron chi connectivity index (χ1n) is 11.3. The molecule has 2 N–H and O–H groups in total. The summed E-state index contributed by atoms with van der Waals surface area (Å²) in [7, 11) is 1.65. The molecule has 0 saturated carbocycles. The molecule has 0 unspecified atom stereocenters. The van der Waals surface area contributed by atoms with Crippen LogP contribution in [0.2, 0.25) is 0 Å². The normalized spacial score (nSPS) is 13.2. The van der Waals surface area contributed by atoms with Crippen LogP contribution in [0.3, 0.4) is 0 Å². The van der Waals surface area contributed by atoms with Crippen molar-refractivity contribution in [3.8, 4) is 0 Å². The van der Waals surface area contributed by atoms with Gasteiger partial charge in [0.2, 0.25) is 0 Å². The number of rotatable bonds is 18. The van der Waals surface area contributed by atoms with Crippen LogP contribution in [0.4, 0.5) is 0 Å².